The van der Waals surface area contributed by atoms with E-state index in [1.54, 1.807) is 6.21 Å². The smallest absolute Gasteiger partial charge is 0.250 e. The van der Waals surface area contributed by atoms with Crippen LogP contribution in [0, 0.1) is 7.14 Å². The fourth-order valence-corrected chi connectivity index (χ4v) is 5.61. The van der Waals surface area contributed by atoms with Gasteiger partial charge in [0.05, 0.1) is 9.78 Å². The van der Waals surface area contributed by atoms with Crippen LogP contribution in [-0.4, -0.2) is 52.5 Å². The monoisotopic (exact) mass is 633 g/mol. The lowest BCUT2D eigenvalue weighted by atomic mass is 10.1. The van der Waals surface area contributed by atoms with Crippen molar-refractivity contribution in [1.82, 2.24) is 15.0 Å². The fourth-order valence-electron chi connectivity index (χ4n) is 3.72. The van der Waals surface area contributed by atoms with Gasteiger partial charge in [-0.3, -0.25) is 0 Å². The summed E-state index contributed by atoms with van der Waals surface area (Å²) in [5.41, 5.74) is 3.61. The first-order valence-corrected chi connectivity index (χ1v) is 12.5. The molecule has 2 aliphatic heterocycles. The fraction of sp³-hybridized carbons (Fsp3) is 0.500. The van der Waals surface area contributed by atoms with Crippen LogP contribution < -0.4 is 15.2 Å². The van der Waals surface area contributed by atoms with Crippen LogP contribution in [0.5, 0.6) is 5.75 Å². The van der Waals surface area contributed by atoms with Gasteiger partial charge in [0.15, 0.2) is 0 Å². The second kappa shape index (κ2) is 10.2. The molecule has 2 aliphatic rings. The maximum Gasteiger partial charge on any atom is 0.250 e. The molecule has 0 bridgehead atoms. The molecule has 0 radical (unpaired) electrons. The minimum absolute atomic E-state index is 0.222. The van der Waals surface area contributed by atoms with Crippen LogP contribution in [0.3, 0.4) is 0 Å². The summed E-state index contributed by atoms with van der Waals surface area (Å²) in [6.07, 6.45) is 8.77. The number of nitrogens with zero attached hydrogens (tertiary/aromatic N) is 6. The summed E-state index contributed by atoms with van der Waals surface area (Å²) in [6.45, 7) is 3.89. The van der Waals surface area contributed by atoms with Crippen molar-refractivity contribution in [2.75, 3.05) is 41.4 Å². The Morgan fingerprint density at radius 2 is 1.43 bits per heavy atom. The number of phenols is 1. The average Bonchev–Trinajstić information content (AvgIpc) is 2.78. The highest BCUT2D eigenvalue weighted by Crippen LogP contribution is 2.26. The van der Waals surface area contributed by atoms with E-state index in [2.05, 4.69) is 75.5 Å². The number of rotatable bonds is 5. The predicted octanol–water partition coefficient (Wildman–Crippen LogP) is 4.21. The van der Waals surface area contributed by atoms with Crippen LogP contribution >= 0.6 is 45.2 Å². The molecule has 2 N–H and O–H groups in total. The number of benzene rings is 1. The Labute approximate surface area is 203 Å². The van der Waals surface area contributed by atoms with Crippen LogP contribution in [0.25, 0.3) is 0 Å². The number of halogens is 2. The van der Waals surface area contributed by atoms with Crippen LogP contribution in [0.2, 0.25) is 0 Å². The normalized spacial score (nSPS) is 17.5. The summed E-state index contributed by atoms with van der Waals surface area (Å²) in [5.74, 6) is 2.09. The second-order valence-electron chi connectivity index (χ2n) is 7.55. The first-order chi connectivity index (χ1) is 14.6. The third-order valence-corrected chi connectivity index (χ3v) is 6.76. The molecule has 0 saturated carbocycles. The van der Waals surface area contributed by atoms with Crippen molar-refractivity contribution < 1.29 is 5.11 Å². The molecule has 1 aromatic carbocycles. The van der Waals surface area contributed by atoms with Crippen molar-refractivity contribution in [3.8, 4) is 5.75 Å². The number of nitrogens with one attached hydrogen (secondary N) is 1. The molecule has 0 unspecified atom stereocenters. The number of anilines is 3. The molecule has 30 heavy (non-hydrogen) atoms. The zero-order chi connectivity index (χ0) is 20.9. The molecular formula is C20H25I2N7O. The predicted molar refractivity (Wildman–Crippen MR) is 137 cm³/mol. The molecule has 2 fully saturated rings. The van der Waals surface area contributed by atoms with Crippen molar-refractivity contribution in [2.45, 2.75) is 38.5 Å². The van der Waals surface area contributed by atoms with Crippen molar-refractivity contribution in [1.29, 1.82) is 0 Å². The largest absolute Gasteiger partial charge is 0.506 e. The van der Waals surface area contributed by atoms with Gasteiger partial charge < -0.3 is 14.9 Å². The van der Waals surface area contributed by atoms with Crippen molar-refractivity contribution in [3.05, 3.63) is 24.8 Å². The van der Waals surface area contributed by atoms with Gasteiger partial charge in [0.2, 0.25) is 17.8 Å². The first-order valence-electron chi connectivity index (χ1n) is 10.3. The van der Waals surface area contributed by atoms with Gasteiger partial charge in [-0.15, -0.1) is 0 Å². The highest BCUT2D eigenvalue weighted by molar-refractivity contribution is 14.1. The Bertz CT molecular complexity index is 876. The third kappa shape index (κ3) is 5.42. The van der Waals surface area contributed by atoms with E-state index in [1.165, 1.54) is 12.8 Å². The first kappa shape index (κ1) is 21.8. The summed E-state index contributed by atoms with van der Waals surface area (Å²) in [5, 5.41) is 14.6. The van der Waals surface area contributed by atoms with E-state index in [4.69, 9.17) is 4.98 Å². The van der Waals surface area contributed by atoms with Gasteiger partial charge in [-0.25, -0.2) is 5.43 Å². The van der Waals surface area contributed by atoms with Gasteiger partial charge in [-0.1, -0.05) is 0 Å². The van der Waals surface area contributed by atoms with Crippen LogP contribution in [0.1, 0.15) is 44.1 Å². The van der Waals surface area contributed by atoms with Gasteiger partial charge in [-0.2, -0.15) is 20.1 Å². The van der Waals surface area contributed by atoms with Crippen LogP contribution in [-0.2, 0) is 0 Å². The average molecular weight is 633 g/mol. The van der Waals surface area contributed by atoms with Gasteiger partial charge in [0.25, 0.3) is 0 Å². The molecule has 2 saturated heterocycles. The van der Waals surface area contributed by atoms with Crippen molar-refractivity contribution >= 4 is 69.2 Å². The maximum absolute atomic E-state index is 10.3. The minimum atomic E-state index is 0.222. The Morgan fingerprint density at radius 1 is 0.867 bits per heavy atom. The molecule has 3 heterocycles. The Hall–Kier alpha value is -1.44. The number of piperidine rings is 2. The van der Waals surface area contributed by atoms with Gasteiger partial charge >= 0.3 is 0 Å². The lowest BCUT2D eigenvalue weighted by Gasteiger charge is -2.30. The Balaban J connectivity index is 1.58. The summed E-state index contributed by atoms with van der Waals surface area (Å²) >= 11 is 4.34. The SMILES string of the molecule is Oc1c(I)cc(I)cc1C=NNc1nc(N2CCCCC2)nc(N2CCCCC2)n1. The number of phenolic OH excluding ortho intramolecular Hbond substituents is 1. The van der Waals surface area contributed by atoms with E-state index in [1.807, 2.05) is 12.1 Å². The van der Waals surface area contributed by atoms with Crippen molar-refractivity contribution in [2.24, 2.45) is 5.10 Å². The van der Waals surface area contributed by atoms with E-state index < -0.39 is 0 Å². The van der Waals surface area contributed by atoms with E-state index in [0.29, 0.717) is 11.5 Å². The topological polar surface area (TPSA) is 89.8 Å². The van der Waals surface area contributed by atoms with E-state index >= 15 is 0 Å². The van der Waals surface area contributed by atoms with Gasteiger partial charge in [0, 0.05) is 35.3 Å². The molecular weight excluding hydrogens is 608 g/mol. The van der Waals surface area contributed by atoms with Crippen LogP contribution in [0.15, 0.2) is 17.2 Å². The second-order valence-corrected chi connectivity index (χ2v) is 9.96. The molecule has 0 aliphatic carbocycles. The van der Waals surface area contributed by atoms with E-state index in [0.717, 1.165) is 70.9 Å². The number of hydrogen-bond acceptors (Lipinski definition) is 8. The number of aromatic nitrogens is 3. The minimum Gasteiger partial charge on any atom is -0.506 e. The third-order valence-electron chi connectivity index (χ3n) is 5.32. The molecule has 160 valence electrons. The molecule has 2 aromatic rings. The highest BCUT2D eigenvalue weighted by Gasteiger charge is 2.20. The summed E-state index contributed by atoms with van der Waals surface area (Å²) in [6, 6.07) is 3.80. The molecule has 0 atom stereocenters. The lowest BCUT2D eigenvalue weighted by molar-refractivity contribution is 0.470. The Morgan fingerprint density at radius 3 is 2.00 bits per heavy atom. The summed E-state index contributed by atoms with van der Waals surface area (Å²) in [7, 11) is 0. The number of hydrazone groups is 1. The maximum atomic E-state index is 10.3. The van der Waals surface area contributed by atoms with E-state index in [-0.39, 0.29) is 5.75 Å². The highest BCUT2D eigenvalue weighted by atomic mass is 127. The molecule has 0 amide bonds. The zero-order valence-corrected chi connectivity index (χ0v) is 21.0. The Kier molecular flexibility index (Phi) is 7.44. The van der Waals surface area contributed by atoms with Gasteiger partial charge in [0.1, 0.15) is 5.75 Å². The molecule has 4 rings (SSSR count). The quantitative estimate of drug-likeness (QED) is 0.290. The lowest BCUT2D eigenvalue weighted by Crippen LogP contribution is -2.34. The molecule has 10 heteroatoms. The van der Waals surface area contributed by atoms with Gasteiger partial charge in [-0.05, 0) is 95.8 Å². The number of hydrogen-bond donors (Lipinski definition) is 2. The van der Waals surface area contributed by atoms with E-state index in [9.17, 15) is 5.11 Å². The summed E-state index contributed by atoms with van der Waals surface area (Å²) < 4.78 is 1.83. The summed E-state index contributed by atoms with van der Waals surface area (Å²) in [4.78, 5) is 18.5. The molecule has 0 spiro atoms. The zero-order valence-electron chi connectivity index (χ0n) is 16.7. The van der Waals surface area contributed by atoms with Crippen LogP contribution in [0.4, 0.5) is 17.8 Å². The molecule has 1 aromatic heterocycles. The number of aromatic hydroxyl groups is 1. The molecule has 8 nitrogen and oxygen atoms in total. The standard InChI is InChI=1S/C20H25I2N7O/c21-15-11-14(17(30)16(22)12-15)13-23-27-18-24-19(28-7-3-1-4-8-28)26-20(25-18)29-9-5-2-6-10-29/h11-13,30H,1-10H2,(H,24,25,26,27). The van der Waals surface area contributed by atoms with Crippen molar-refractivity contribution in [3.63, 3.8) is 0 Å².